The standard InChI is InChI=1S/C21H21NO4/c1-3-26-15-10-8-14(9-11-15)20(23)12-17(21(24)25-2)18-13-22-19-7-5-4-6-16(18)19/h4-11,13,17,22H,3,12H2,1-2H3/t17-/m0/s1. The van der Waals surface area contributed by atoms with Gasteiger partial charge in [-0.05, 0) is 42.8 Å². The number of fused-ring (bicyclic) bond motifs is 1. The molecule has 0 unspecified atom stereocenters. The van der Waals surface area contributed by atoms with E-state index in [2.05, 4.69) is 4.98 Å². The molecule has 1 atom stereocenters. The summed E-state index contributed by atoms with van der Waals surface area (Å²) in [4.78, 5) is 28.2. The maximum atomic E-state index is 12.7. The molecule has 5 heteroatoms. The summed E-state index contributed by atoms with van der Waals surface area (Å²) >= 11 is 0. The predicted octanol–water partition coefficient (Wildman–Crippen LogP) is 4.10. The molecule has 0 aliphatic heterocycles. The molecule has 134 valence electrons. The van der Waals surface area contributed by atoms with Crippen LogP contribution in [0.1, 0.15) is 35.2 Å². The van der Waals surface area contributed by atoms with Crippen LogP contribution in [-0.4, -0.2) is 30.5 Å². The van der Waals surface area contributed by atoms with Crippen molar-refractivity contribution in [1.29, 1.82) is 0 Å². The van der Waals surface area contributed by atoms with Gasteiger partial charge in [-0.2, -0.15) is 0 Å². The number of carbonyl (C=O) groups is 2. The Balaban J connectivity index is 1.87. The van der Waals surface area contributed by atoms with Gasteiger partial charge in [0.25, 0.3) is 0 Å². The molecule has 0 aliphatic carbocycles. The number of hydrogen-bond acceptors (Lipinski definition) is 4. The topological polar surface area (TPSA) is 68.4 Å². The van der Waals surface area contributed by atoms with Crippen molar-refractivity contribution in [1.82, 2.24) is 4.98 Å². The lowest BCUT2D eigenvalue weighted by Crippen LogP contribution is -2.18. The summed E-state index contributed by atoms with van der Waals surface area (Å²) in [6.07, 6.45) is 1.82. The molecule has 1 heterocycles. The lowest BCUT2D eigenvalue weighted by atomic mass is 9.91. The average molecular weight is 351 g/mol. The molecule has 0 saturated carbocycles. The minimum atomic E-state index is -0.657. The smallest absolute Gasteiger partial charge is 0.313 e. The van der Waals surface area contributed by atoms with Gasteiger partial charge >= 0.3 is 5.97 Å². The second-order valence-electron chi connectivity index (χ2n) is 5.95. The molecule has 0 radical (unpaired) electrons. The molecule has 0 fully saturated rings. The normalized spacial score (nSPS) is 11.9. The van der Waals surface area contributed by atoms with Gasteiger partial charge in [-0.3, -0.25) is 9.59 Å². The summed E-state index contributed by atoms with van der Waals surface area (Å²) in [6.45, 7) is 2.47. The molecule has 3 aromatic rings. The second kappa shape index (κ2) is 7.87. The Morgan fingerprint density at radius 3 is 2.50 bits per heavy atom. The van der Waals surface area contributed by atoms with Crippen LogP contribution < -0.4 is 4.74 Å². The Hall–Kier alpha value is -3.08. The number of methoxy groups -OCH3 is 1. The summed E-state index contributed by atoms with van der Waals surface area (Å²) in [5.74, 6) is -0.483. The summed E-state index contributed by atoms with van der Waals surface area (Å²) in [5, 5.41) is 0.919. The van der Waals surface area contributed by atoms with E-state index >= 15 is 0 Å². The number of carbonyl (C=O) groups excluding carboxylic acids is 2. The van der Waals surface area contributed by atoms with E-state index in [0.29, 0.717) is 17.9 Å². The molecule has 3 rings (SSSR count). The Bertz CT molecular complexity index is 911. The highest BCUT2D eigenvalue weighted by atomic mass is 16.5. The first kappa shape index (κ1) is 17.7. The Labute approximate surface area is 151 Å². The van der Waals surface area contributed by atoms with E-state index in [-0.39, 0.29) is 12.2 Å². The highest BCUT2D eigenvalue weighted by molar-refractivity contribution is 6.00. The van der Waals surface area contributed by atoms with Gasteiger partial charge in [0.1, 0.15) is 5.75 Å². The van der Waals surface area contributed by atoms with Crippen molar-refractivity contribution in [3.63, 3.8) is 0 Å². The highest BCUT2D eigenvalue weighted by Crippen LogP contribution is 2.30. The van der Waals surface area contributed by atoms with Crippen LogP contribution in [0.4, 0.5) is 0 Å². The molecule has 1 aromatic heterocycles. The number of esters is 1. The molecule has 26 heavy (non-hydrogen) atoms. The summed E-state index contributed by atoms with van der Waals surface area (Å²) in [5.41, 5.74) is 2.24. The molecule has 0 saturated heterocycles. The van der Waals surface area contributed by atoms with Crippen molar-refractivity contribution in [3.05, 3.63) is 65.9 Å². The summed E-state index contributed by atoms with van der Waals surface area (Å²) in [6, 6.07) is 14.6. The number of ketones is 1. The van der Waals surface area contributed by atoms with E-state index < -0.39 is 11.9 Å². The largest absolute Gasteiger partial charge is 0.494 e. The zero-order chi connectivity index (χ0) is 18.5. The maximum absolute atomic E-state index is 12.7. The van der Waals surface area contributed by atoms with Gasteiger partial charge in [0.2, 0.25) is 0 Å². The number of rotatable bonds is 7. The van der Waals surface area contributed by atoms with Crippen molar-refractivity contribution in [2.24, 2.45) is 0 Å². The lowest BCUT2D eigenvalue weighted by Gasteiger charge is -2.14. The number of nitrogens with one attached hydrogen (secondary N) is 1. The number of H-pyrrole nitrogens is 1. The Kier molecular flexibility index (Phi) is 5.37. The zero-order valence-corrected chi connectivity index (χ0v) is 14.8. The molecule has 0 amide bonds. The number of Topliss-reactive ketones (excluding diaryl/α,β-unsaturated/α-hetero) is 1. The number of hydrogen-bond donors (Lipinski definition) is 1. The molecular formula is C21H21NO4. The van der Waals surface area contributed by atoms with Crippen molar-refractivity contribution in [2.75, 3.05) is 13.7 Å². The second-order valence-corrected chi connectivity index (χ2v) is 5.95. The van der Waals surface area contributed by atoms with Crippen LogP contribution in [0.2, 0.25) is 0 Å². The number of benzene rings is 2. The van der Waals surface area contributed by atoms with Crippen molar-refractivity contribution < 1.29 is 19.1 Å². The zero-order valence-electron chi connectivity index (χ0n) is 14.8. The van der Waals surface area contributed by atoms with Gasteiger partial charge in [0.05, 0.1) is 19.6 Å². The van der Waals surface area contributed by atoms with Gasteiger partial charge in [0.15, 0.2) is 5.78 Å². The third-order valence-corrected chi connectivity index (χ3v) is 4.36. The average Bonchev–Trinajstić information content (AvgIpc) is 3.10. The molecule has 2 aromatic carbocycles. The molecule has 0 bridgehead atoms. The number of aromatic nitrogens is 1. The number of aromatic amines is 1. The Morgan fingerprint density at radius 2 is 1.81 bits per heavy atom. The molecule has 0 aliphatic rings. The van der Waals surface area contributed by atoms with Crippen LogP contribution in [-0.2, 0) is 9.53 Å². The first-order valence-corrected chi connectivity index (χ1v) is 8.54. The minimum Gasteiger partial charge on any atom is -0.494 e. The quantitative estimate of drug-likeness (QED) is 0.514. The van der Waals surface area contributed by atoms with Crippen LogP contribution in [0.3, 0.4) is 0 Å². The molecule has 1 N–H and O–H groups in total. The first-order valence-electron chi connectivity index (χ1n) is 8.54. The third-order valence-electron chi connectivity index (χ3n) is 4.36. The summed E-state index contributed by atoms with van der Waals surface area (Å²) in [7, 11) is 1.34. The predicted molar refractivity (Wildman–Crippen MR) is 99.6 cm³/mol. The van der Waals surface area contributed by atoms with E-state index in [0.717, 1.165) is 16.5 Å². The van der Waals surface area contributed by atoms with E-state index in [1.807, 2.05) is 31.2 Å². The van der Waals surface area contributed by atoms with Crippen molar-refractivity contribution >= 4 is 22.7 Å². The molecular weight excluding hydrogens is 330 g/mol. The van der Waals surface area contributed by atoms with Crippen molar-refractivity contribution in [3.8, 4) is 5.75 Å². The minimum absolute atomic E-state index is 0.0441. The van der Waals surface area contributed by atoms with Gasteiger partial charge in [-0.15, -0.1) is 0 Å². The van der Waals surface area contributed by atoms with Crippen LogP contribution in [0.5, 0.6) is 5.75 Å². The van der Waals surface area contributed by atoms with Gasteiger partial charge in [-0.1, -0.05) is 18.2 Å². The lowest BCUT2D eigenvalue weighted by molar-refractivity contribution is -0.142. The third kappa shape index (κ3) is 3.61. The first-order chi connectivity index (χ1) is 12.6. The fraction of sp³-hybridized carbons (Fsp3) is 0.238. The van der Waals surface area contributed by atoms with Crippen LogP contribution in [0.15, 0.2) is 54.7 Å². The van der Waals surface area contributed by atoms with E-state index in [1.54, 1.807) is 30.5 Å². The highest BCUT2D eigenvalue weighted by Gasteiger charge is 2.27. The SMILES string of the molecule is CCOc1ccc(C(=O)C[C@H](C(=O)OC)c2c[nH]c3ccccc23)cc1. The fourth-order valence-electron chi connectivity index (χ4n) is 3.05. The van der Waals surface area contributed by atoms with Gasteiger partial charge < -0.3 is 14.5 Å². The number of ether oxygens (including phenoxy) is 2. The van der Waals surface area contributed by atoms with Gasteiger partial charge in [0, 0.05) is 29.1 Å². The fourth-order valence-corrected chi connectivity index (χ4v) is 3.05. The van der Waals surface area contributed by atoms with Crippen LogP contribution >= 0.6 is 0 Å². The van der Waals surface area contributed by atoms with Crippen molar-refractivity contribution in [2.45, 2.75) is 19.3 Å². The monoisotopic (exact) mass is 351 g/mol. The summed E-state index contributed by atoms with van der Waals surface area (Å²) < 4.78 is 10.3. The Morgan fingerprint density at radius 1 is 1.08 bits per heavy atom. The van der Waals surface area contributed by atoms with Crippen LogP contribution in [0.25, 0.3) is 10.9 Å². The molecule has 5 nitrogen and oxygen atoms in total. The van der Waals surface area contributed by atoms with Crippen LogP contribution in [0, 0.1) is 0 Å². The molecule has 0 spiro atoms. The maximum Gasteiger partial charge on any atom is 0.313 e. The van der Waals surface area contributed by atoms with E-state index in [9.17, 15) is 9.59 Å². The van der Waals surface area contributed by atoms with E-state index in [4.69, 9.17) is 9.47 Å². The van der Waals surface area contributed by atoms with E-state index in [1.165, 1.54) is 7.11 Å². The number of para-hydroxylation sites is 1. The van der Waals surface area contributed by atoms with Gasteiger partial charge in [-0.25, -0.2) is 0 Å².